The SMILES string of the molecule is O=C1NC[C@]2(CCCN(C(=O)c3ccnc(-n4cnnc4)c3)CC2)O1. The number of alkyl carbamates (subject to hydrolysis) is 1. The number of rotatable bonds is 2. The minimum atomic E-state index is -0.474. The molecule has 2 aliphatic rings. The highest BCUT2D eigenvalue weighted by Crippen LogP contribution is 2.29. The molecule has 1 N–H and O–H groups in total. The summed E-state index contributed by atoms with van der Waals surface area (Å²) in [5.41, 5.74) is 0.0917. The van der Waals surface area contributed by atoms with E-state index in [0.717, 1.165) is 12.8 Å². The minimum absolute atomic E-state index is 0.0499. The van der Waals surface area contributed by atoms with Gasteiger partial charge in [-0.15, -0.1) is 10.2 Å². The maximum atomic E-state index is 12.9. The molecule has 0 bridgehead atoms. The molecule has 2 saturated heterocycles. The number of pyridine rings is 1. The van der Waals surface area contributed by atoms with Crippen LogP contribution in [0.15, 0.2) is 31.0 Å². The van der Waals surface area contributed by atoms with E-state index in [2.05, 4.69) is 20.5 Å². The van der Waals surface area contributed by atoms with E-state index in [9.17, 15) is 9.59 Å². The molecule has 25 heavy (non-hydrogen) atoms. The molecule has 1 spiro atoms. The van der Waals surface area contributed by atoms with Gasteiger partial charge < -0.3 is 15.0 Å². The Morgan fingerprint density at radius 3 is 2.84 bits per heavy atom. The lowest BCUT2D eigenvalue weighted by molar-refractivity contribution is 0.0438. The Morgan fingerprint density at radius 2 is 2.08 bits per heavy atom. The molecule has 2 fully saturated rings. The molecule has 0 saturated carbocycles. The van der Waals surface area contributed by atoms with Crippen molar-refractivity contribution in [1.29, 1.82) is 0 Å². The molecule has 9 nitrogen and oxygen atoms in total. The van der Waals surface area contributed by atoms with Crippen LogP contribution in [0.25, 0.3) is 5.82 Å². The lowest BCUT2D eigenvalue weighted by Gasteiger charge is -2.25. The molecule has 2 aliphatic heterocycles. The zero-order valence-corrected chi connectivity index (χ0v) is 13.6. The van der Waals surface area contributed by atoms with Crippen LogP contribution in [0.1, 0.15) is 29.6 Å². The van der Waals surface area contributed by atoms with Gasteiger partial charge in [0.1, 0.15) is 24.1 Å². The predicted octanol–water partition coefficient (Wildman–Crippen LogP) is 0.767. The van der Waals surface area contributed by atoms with E-state index >= 15 is 0 Å². The second kappa shape index (κ2) is 6.15. The lowest BCUT2D eigenvalue weighted by atomic mass is 9.95. The number of likely N-dealkylation sites (tertiary alicyclic amines) is 1. The lowest BCUT2D eigenvalue weighted by Crippen LogP contribution is -2.36. The highest BCUT2D eigenvalue weighted by Gasteiger charge is 2.41. The summed E-state index contributed by atoms with van der Waals surface area (Å²) in [5, 5.41) is 10.2. The van der Waals surface area contributed by atoms with Crippen molar-refractivity contribution >= 4 is 12.0 Å². The first-order valence-corrected chi connectivity index (χ1v) is 8.22. The largest absolute Gasteiger partial charge is 0.441 e. The zero-order valence-electron chi connectivity index (χ0n) is 13.6. The topological polar surface area (TPSA) is 102 Å². The van der Waals surface area contributed by atoms with E-state index in [0.29, 0.717) is 37.4 Å². The average molecular weight is 342 g/mol. The molecule has 0 unspecified atom stereocenters. The normalized spacial score (nSPS) is 23.2. The van der Waals surface area contributed by atoms with Crippen LogP contribution in [-0.2, 0) is 4.74 Å². The molecule has 0 radical (unpaired) electrons. The number of hydrogen-bond donors (Lipinski definition) is 1. The predicted molar refractivity (Wildman–Crippen MR) is 86.1 cm³/mol. The molecular formula is C16H18N6O3. The van der Waals surface area contributed by atoms with Crippen LogP contribution in [0, 0.1) is 0 Å². The molecule has 130 valence electrons. The van der Waals surface area contributed by atoms with Gasteiger partial charge in [-0.3, -0.25) is 9.36 Å². The van der Waals surface area contributed by atoms with Gasteiger partial charge in [0.25, 0.3) is 5.91 Å². The van der Waals surface area contributed by atoms with Crippen molar-refractivity contribution in [3.05, 3.63) is 36.5 Å². The third kappa shape index (κ3) is 3.04. The average Bonchev–Trinajstić information content (AvgIpc) is 3.23. The second-order valence-electron chi connectivity index (χ2n) is 6.34. The molecule has 0 aliphatic carbocycles. The number of nitrogens with one attached hydrogen (secondary N) is 1. The molecule has 1 atom stereocenters. The van der Waals surface area contributed by atoms with E-state index < -0.39 is 5.60 Å². The fourth-order valence-electron chi connectivity index (χ4n) is 3.35. The van der Waals surface area contributed by atoms with Crippen LogP contribution in [0.3, 0.4) is 0 Å². The first kappa shape index (κ1) is 15.6. The summed E-state index contributed by atoms with van der Waals surface area (Å²) in [5.74, 6) is 0.544. The van der Waals surface area contributed by atoms with Crippen molar-refractivity contribution in [2.24, 2.45) is 0 Å². The van der Waals surface area contributed by atoms with Gasteiger partial charge in [0.05, 0.1) is 6.54 Å². The third-order valence-electron chi connectivity index (χ3n) is 4.72. The van der Waals surface area contributed by atoms with E-state index in [1.807, 2.05) is 4.90 Å². The summed E-state index contributed by atoms with van der Waals surface area (Å²) in [7, 11) is 0. The first-order chi connectivity index (χ1) is 12.2. The molecular weight excluding hydrogens is 324 g/mol. The van der Waals surface area contributed by atoms with Gasteiger partial charge in [-0.25, -0.2) is 9.78 Å². The molecule has 0 aromatic carbocycles. The van der Waals surface area contributed by atoms with Crippen LogP contribution >= 0.6 is 0 Å². The molecule has 2 aromatic heterocycles. The first-order valence-electron chi connectivity index (χ1n) is 8.22. The van der Waals surface area contributed by atoms with Gasteiger partial charge in [-0.2, -0.15) is 0 Å². The van der Waals surface area contributed by atoms with Gasteiger partial charge in [0.2, 0.25) is 0 Å². The van der Waals surface area contributed by atoms with Gasteiger partial charge in [0, 0.05) is 31.3 Å². The van der Waals surface area contributed by atoms with Crippen molar-refractivity contribution in [3.8, 4) is 5.82 Å². The van der Waals surface area contributed by atoms with Gasteiger partial charge in [-0.05, 0) is 25.0 Å². The highest BCUT2D eigenvalue weighted by molar-refractivity contribution is 5.94. The van der Waals surface area contributed by atoms with E-state index in [1.165, 1.54) is 12.7 Å². The summed E-state index contributed by atoms with van der Waals surface area (Å²) in [6.07, 6.45) is 6.50. The molecule has 2 amide bonds. The third-order valence-corrected chi connectivity index (χ3v) is 4.72. The second-order valence-corrected chi connectivity index (χ2v) is 6.34. The Balaban J connectivity index is 1.50. The smallest absolute Gasteiger partial charge is 0.407 e. The van der Waals surface area contributed by atoms with Crippen LogP contribution in [0.4, 0.5) is 4.79 Å². The van der Waals surface area contributed by atoms with E-state index in [-0.39, 0.29) is 12.0 Å². The Kier molecular flexibility index (Phi) is 3.83. The number of ether oxygens (including phenoxy) is 1. The maximum Gasteiger partial charge on any atom is 0.407 e. The summed E-state index contributed by atoms with van der Waals surface area (Å²) < 4.78 is 7.11. The number of hydrogen-bond acceptors (Lipinski definition) is 6. The van der Waals surface area contributed by atoms with Gasteiger partial charge >= 0.3 is 6.09 Å². The Morgan fingerprint density at radius 1 is 1.24 bits per heavy atom. The molecule has 2 aromatic rings. The van der Waals surface area contributed by atoms with E-state index in [4.69, 9.17) is 4.74 Å². The maximum absolute atomic E-state index is 12.9. The quantitative estimate of drug-likeness (QED) is 0.865. The Bertz CT molecular complexity index is 793. The molecule has 4 rings (SSSR count). The summed E-state index contributed by atoms with van der Waals surface area (Å²) in [6.45, 7) is 1.71. The van der Waals surface area contributed by atoms with Crippen molar-refractivity contribution in [2.45, 2.75) is 24.9 Å². The number of amides is 2. The van der Waals surface area contributed by atoms with Gasteiger partial charge in [-0.1, -0.05) is 0 Å². The number of aromatic nitrogens is 4. The van der Waals surface area contributed by atoms with Crippen LogP contribution < -0.4 is 5.32 Å². The van der Waals surface area contributed by atoms with Crippen molar-refractivity contribution in [2.75, 3.05) is 19.6 Å². The fourth-order valence-corrected chi connectivity index (χ4v) is 3.35. The molecule has 9 heteroatoms. The highest BCUT2D eigenvalue weighted by atomic mass is 16.6. The summed E-state index contributed by atoms with van der Waals surface area (Å²) >= 11 is 0. The van der Waals surface area contributed by atoms with Crippen molar-refractivity contribution in [1.82, 2.24) is 30.0 Å². The Labute approximate surface area is 144 Å². The van der Waals surface area contributed by atoms with Crippen LogP contribution in [-0.4, -0.2) is 61.9 Å². The summed E-state index contributed by atoms with van der Waals surface area (Å²) in [6, 6.07) is 3.43. The van der Waals surface area contributed by atoms with Gasteiger partial charge in [0.15, 0.2) is 0 Å². The number of carbonyl (C=O) groups is 2. The summed E-state index contributed by atoms with van der Waals surface area (Å²) in [4.78, 5) is 30.3. The molecule has 4 heterocycles. The fraction of sp³-hybridized carbons (Fsp3) is 0.438. The minimum Gasteiger partial charge on any atom is -0.441 e. The zero-order chi connectivity index (χ0) is 17.3. The van der Waals surface area contributed by atoms with Crippen molar-refractivity contribution < 1.29 is 14.3 Å². The monoisotopic (exact) mass is 342 g/mol. The van der Waals surface area contributed by atoms with Crippen LogP contribution in [0.2, 0.25) is 0 Å². The standard InChI is InChI=1S/C16H18N6O3/c23-14(12-2-5-17-13(8-12)22-10-19-20-11-22)21-6-1-3-16(4-7-21)9-18-15(24)25-16/h2,5,8,10-11H,1,3-4,6-7,9H2,(H,18,24)/t16-/m1/s1. The van der Waals surface area contributed by atoms with Crippen LogP contribution in [0.5, 0.6) is 0 Å². The number of carbonyl (C=O) groups excluding carboxylic acids is 2. The van der Waals surface area contributed by atoms with Crippen molar-refractivity contribution in [3.63, 3.8) is 0 Å². The Hall–Kier alpha value is -2.97. The van der Waals surface area contributed by atoms with E-state index in [1.54, 1.807) is 22.9 Å². The number of nitrogens with zero attached hydrogens (tertiary/aromatic N) is 5.